The number of hydrogen-bond acceptors (Lipinski definition) is 10. The second-order valence-corrected chi connectivity index (χ2v) is 5.92. The Morgan fingerprint density at radius 2 is 2.05 bits per heavy atom. The molecule has 3 N–H and O–H groups in total. The summed E-state index contributed by atoms with van der Waals surface area (Å²) in [5.41, 5.74) is 5.66. The molecule has 2 aromatic heterocycles. The number of nitrogen functional groups attached to an aromatic ring is 1. The lowest BCUT2D eigenvalue weighted by atomic mass is 10.6. The highest BCUT2D eigenvalue weighted by Gasteiger charge is 2.09. The van der Waals surface area contributed by atoms with Gasteiger partial charge in [-0.05, 0) is 0 Å². The Morgan fingerprint density at radius 3 is 2.68 bits per heavy atom. The van der Waals surface area contributed by atoms with Crippen molar-refractivity contribution in [1.29, 1.82) is 0 Å². The number of hydrogen-bond donors (Lipinski definition) is 2. The molecule has 0 aliphatic carbocycles. The summed E-state index contributed by atoms with van der Waals surface area (Å²) < 4.78 is 0.856. The van der Waals surface area contributed by atoms with Crippen LogP contribution in [0.5, 0.6) is 0 Å². The monoisotopic (exact) mass is 298 g/mol. The molecule has 0 aromatic carbocycles. The van der Waals surface area contributed by atoms with E-state index in [2.05, 4.69) is 30.5 Å². The summed E-state index contributed by atoms with van der Waals surface area (Å²) in [5.74, 6) is 1.98. The summed E-state index contributed by atoms with van der Waals surface area (Å²) in [6, 6.07) is 0. The van der Waals surface area contributed by atoms with Gasteiger partial charge in [0.15, 0.2) is 4.34 Å². The van der Waals surface area contributed by atoms with Crippen molar-refractivity contribution in [2.24, 2.45) is 0 Å². The third-order valence-corrected chi connectivity index (χ3v) is 4.10. The Balaban J connectivity index is 2.06. The summed E-state index contributed by atoms with van der Waals surface area (Å²) in [5, 5.41) is 11.7. The van der Waals surface area contributed by atoms with Crippen molar-refractivity contribution in [2.45, 2.75) is 10.1 Å². The Hall–Kier alpha value is -1.68. The average Bonchev–Trinajstić information content (AvgIpc) is 2.83. The van der Waals surface area contributed by atoms with Crippen molar-refractivity contribution in [3.05, 3.63) is 5.82 Å². The number of anilines is 3. The molecule has 19 heavy (non-hydrogen) atoms. The Bertz CT molecular complexity index is 555. The van der Waals surface area contributed by atoms with Crippen LogP contribution in [0.25, 0.3) is 0 Å². The second kappa shape index (κ2) is 5.97. The SMILES string of the molecule is CNc1nnc(SCc2nc(N)nc(N(C)C)n2)s1. The predicted molar refractivity (Wildman–Crippen MR) is 77.6 cm³/mol. The zero-order chi connectivity index (χ0) is 13.8. The van der Waals surface area contributed by atoms with Gasteiger partial charge in [0.1, 0.15) is 5.82 Å². The van der Waals surface area contributed by atoms with Crippen LogP contribution in [0, 0.1) is 0 Å². The van der Waals surface area contributed by atoms with Crippen LogP contribution in [0.15, 0.2) is 4.34 Å². The van der Waals surface area contributed by atoms with Crippen LogP contribution in [0.2, 0.25) is 0 Å². The third-order valence-electron chi connectivity index (χ3n) is 2.03. The molecule has 0 atom stereocenters. The molecule has 2 aromatic rings. The maximum atomic E-state index is 5.66. The first-order chi connectivity index (χ1) is 9.08. The number of nitrogens with zero attached hydrogens (tertiary/aromatic N) is 6. The summed E-state index contributed by atoms with van der Waals surface area (Å²) in [4.78, 5) is 14.3. The maximum absolute atomic E-state index is 5.66. The quantitative estimate of drug-likeness (QED) is 0.771. The van der Waals surface area contributed by atoms with E-state index in [4.69, 9.17) is 5.73 Å². The summed E-state index contributed by atoms with van der Waals surface area (Å²) in [6.45, 7) is 0. The van der Waals surface area contributed by atoms with Crippen LogP contribution in [0.1, 0.15) is 5.82 Å². The first-order valence-corrected chi connectivity index (χ1v) is 7.20. The minimum atomic E-state index is 0.225. The van der Waals surface area contributed by atoms with Crippen molar-refractivity contribution in [3.63, 3.8) is 0 Å². The topological polar surface area (TPSA) is 106 Å². The first kappa shape index (κ1) is 13.7. The van der Waals surface area contributed by atoms with Crippen LogP contribution in [-0.2, 0) is 5.75 Å². The van der Waals surface area contributed by atoms with Gasteiger partial charge >= 0.3 is 0 Å². The van der Waals surface area contributed by atoms with Gasteiger partial charge in [-0.3, -0.25) is 0 Å². The minimum absolute atomic E-state index is 0.225. The van der Waals surface area contributed by atoms with E-state index in [1.807, 2.05) is 21.1 Å². The van der Waals surface area contributed by atoms with Crippen molar-refractivity contribution in [2.75, 3.05) is 37.1 Å². The number of nitrogens with one attached hydrogen (secondary N) is 1. The van der Waals surface area contributed by atoms with Crippen LogP contribution in [0.4, 0.5) is 17.0 Å². The van der Waals surface area contributed by atoms with Crippen molar-refractivity contribution >= 4 is 40.1 Å². The van der Waals surface area contributed by atoms with Gasteiger partial charge in [-0.2, -0.15) is 15.0 Å². The molecule has 2 heterocycles. The molecule has 0 unspecified atom stereocenters. The van der Waals surface area contributed by atoms with E-state index in [1.165, 1.54) is 23.1 Å². The molecular formula is C9H14N8S2. The largest absolute Gasteiger partial charge is 0.368 e. The van der Waals surface area contributed by atoms with E-state index in [1.54, 1.807) is 4.90 Å². The molecule has 0 aliphatic rings. The maximum Gasteiger partial charge on any atom is 0.229 e. The molecule has 0 spiro atoms. The Kier molecular flexibility index (Phi) is 4.32. The highest BCUT2D eigenvalue weighted by Crippen LogP contribution is 2.27. The van der Waals surface area contributed by atoms with E-state index in [0.717, 1.165) is 9.47 Å². The molecule has 0 radical (unpaired) electrons. The normalized spacial score (nSPS) is 10.5. The molecule has 102 valence electrons. The molecule has 10 heteroatoms. The highest BCUT2D eigenvalue weighted by molar-refractivity contribution is 8.00. The van der Waals surface area contributed by atoms with Gasteiger partial charge in [-0.15, -0.1) is 10.2 Å². The number of thioether (sulfide) groups is 1. The van der Waals surface area contributed by atoms with E-state index in [0.29, 0.717) is 17.5 Å². The van der Waals surface area contributed by atoms with Gasteiger partial charge in [-0.1, -0.05) is 23.1 Å². The highest BCUT2D eigenvalue weighted by atomic mass is 32.2. The van der Waals surface area contributed by atoms with Crippen LogP contribution in [0.3, 0.4) is 0 Å². The molecule has 0 fully saturated rings. The lowest BCUT2D eigenvalue weighted by molar-refractivity contribution is 0.918. The smallest absolute Gasteiger partial charge is 0.229 e. The lowest BCUT2D eigenvalue weighted by Gasteiger charge is -2.10. The van der Waals surface area contributed by atoms with E-state index in [-0.39, 0.29) is 5.95 Å². The fourth-order valence-corrected chi connectivity index (χ4v) is 2.75. The third kappa shape index (κ3) is 3.64. The summed E-state index contributed by atoms with van der Waals surface area (Å²) in [7, 11) is 5.52. The molecule has 0 saturated carbocycles. The van der Waals surface area contributed by atoms with Crippen LogP contribution < -0.4 is 16.0 Å². The zero-order valence-corrected chi connectivity index (χ0v) is 12.4. The van der Waals surface area contributed by atoms with Crippen molar-refractivity contribution in [1.82, 2.24) is 25.1 Å². The molecule has 0 amide bonds. The number of aromatic nitrogens is 5. The van der Waals surface area contributed by atoms with Gasteiger partial charge in [0.2, 0.25) is 17.0 Å². The van der Waals surface area contributed by atoms with Crippen molar-refractivity contribution < 1.29 is 0 Å². The lowest BCUT2D eigenvalue weighted by Crippen LogP contribution is -2.15. The molecule has 0 bridgehead atoms. The molecule has 2 rings (SSSR count). The van der Waals surface area contributed by atoms with E-state index < -0.39 is 0 Å². The molecule has 0 saturated heterocycles. The van der Waals surface area contributed by atoms with Crippen molar-refractivity contribution in [3.8, 4) is 0 Å². The van der Waals surface area contributed by atoms with Crippen LogP contribution >= 0.6 is 23.1 Å². The fraction of sp³-hybridized carbons (Fsp3) is 0.444. The predicted octanol–water partition coefficient (Wildman–Crippen LogP) is 0.705. The van der Waals surface area contributed by atoms with Gasteiger partial charge in [0.25, 0.3) is 0 Å². The first-order valence-electron chi connectivity index (χ1n) is 5.40. The van der Waals surface area contributed by atoms with Crippen LogP contribution in [-0.4, -0.2) is 46.3 Å². The Morgan fingerprint density at radius 1 is 1.26 bits per heavy atom. The average molecular weight is 298 g/mol. The molecule has 8 nitrogen and oxygen atoms in total. The Labute approximate surface area is 118 Å². The zero-order valence-electron chi connectivity index (χ0n) is 10.8. The van der Waals surface area contributed by atoms with Gasteiger partial charge in [0, 0.05) is 21.1 Å². The van der Waals surface area contributed by atoms with E-state index in [9.17, 15) is 0 Å². The van der Waals surface area contributed by atoms with E-state index >= 15 is 0 Å². The van der Waals surface area contributed by atoms with Gasteiger partial charge in [0.05, 0.1) is 5.75 Å². The second-order valence-electron chi connectivity index (χ2n) is 3.72. The molecular weight excluding hydrogens is 284 g/mol. The fourth-order valence-electron chi connectivity index (χ4n) is 1.19. The summed E-state index contributed by atoms with van der Waals surface area (Å²) >= 11 is 3.00. The molecule has 0 aliphatic heterocycles. The number of nitrogens with two attached hydrogens (primary N) is 1. The standard InChI is InChI=1S/C9H14N8S2/c1-11-8-15-16-9(19-8)18-4-5-12-6(10)14-7(13-5)17(2)3/h4H2,1-3H3,(H,11,15)(H2,10,12,13,14). The summed E-state index contributed by atoms with van der Waals surface area (Å²) in [6.07, 6.45) is 0. The number of rotatable bonds is 5. The minimum Gasteiger partial charge on any atom is -0.368 e. The van der Waals surface area contributed by atoms with Gasteiger partial charge in [-0.25, -0.2) is 0 Å². The van der Waals surface area contributed by atoms with Gasteiger partial charge < -0.3 is 16.0 Å².